The summed E-state index contributed by atoms with van der Waals surface area (Å²) < 4.78 is 10.5. The van der Waals surface area contributed by atoms with E-state index in [4.69, 9.17) is 30.5 Å². The Morgan fingerprint density at radius 3 is 1.62 bits per heavy atom. The van der Waals surface area contributed by atoms with Gasteiger partial charge in [0.1, 0.15) is 13.2 Å². The van der Waals surface area contributed by atoms with E-state index in [9.17, 15) is 9.59 Å². The number of nitrogens with zero attached hydrogens (tertiary/aromatic N) is 4. The van der Waals surface area contributed by atoms with E-state index in [1.165, 1.54) is 0 Å². The Morgan fingerprint density at radius 2 is 1.25 bits per heavy atom. The lowest BCUT2D eigenvalue weighted by Crippen LogP contribution is -2.38. The van der Waals surface area contributed by atoms with Crippen molar-refractivity contribution >= 4 is 11.9 Å². The van der Waals surface area contributed by atoms with Gasteiger partial charge in [-0.15, -0.1) is 0 Å². The van der Waals surface area contributed by atoms with E-state index in [1.807, 2.05) is 0 Å². The third-order valence-electron chi connectivity index (χ3n) is 5.75. The Kier molecular flexibility index (Phi) is 8.82. The van der Waals surface area contributed by atoms with Crippen LogP contribution < -0.4 is 5.32 Å². The molecule has 1 heterocycles. The van der Waals surface area contributed by atoms with Crippen molar-refractivity contribution in [2.75, 3.05) is 13.2 Å². The molecular weight excluding hydrogens is 410 g/mol. The van der Waals surface area contributed by atoms with Crippen LogP contribution in [0, 0.1) is 69.0 Å². The van der Waals surface area contributed by atoms with Gasteiger partial charge in [0.25, 0.3) is 0 Å². The van der Waals surface area contributed by atoms with Crippen LogP contribution in [0.15, 0.2) is 22.5 Å². The molecule has 0 radical (unpaired) electrons. The molecule has 0 atom stereocenters. The molecule has 0 amide bonds. The van der Waals surface area contributed by atoms with Crippen LogP contribution in [0.5, 0.6) is 0 Å². The van der Waals surface area contributed by atoms with Gasteiger partial charge in [-0.3, -0.25) is 0 Å². The molecule has 0 saturated heterocycles. The molecule has 1 aliphatic heterocycles. The average molecular weight is 435 g/mol. The summed E-state index contributed by atoms with van der Waals surface area (Å²) in [5.74, 6) is -4.12. The van der Waals surface area contributed by atoms with Crippen molar-refractivity contribution in [1.29, 1.82) is 21.0 Å². The van der Waals surface area contributed by atoms with Crippen molar-refractivity contribution < 1.29 is 19.1 Å². The van der Waals surface area contributed by atoms with Gasteiger partial charge in [-0.25, -0.2) is 9.59 Å². The second-order valence-corrected chi connectivity index (χ2v) is 7.90. The van der Waals surface area contributed by atoms with Crippen molar-refractivity contribution in [3.8, 4) is 24.3 Å². The molecule has 9 heteroatoms. The number of hydrogen-bond donors (Lipinski definition) is 1. The van der Waals surface area contributed by atoms with E-state index in [0.29, 0.717) is 11.4 Å². The Balaban J connectivity index is 2.37. The predicted octanol–water partition coefficient (Wildman–Crippen LogP) is 2.75. The molecule has 0 aromatic carbocycles. The lowest BCUT2D eigenvalue weighted by molar-refractivity contribution is -0.141. The quantitative estimate of drug-likeness (QED) is 0.593. The van der Waals surface area contributed by atoms with E-state index in [1.54, 1.807) is 38.1 Å². The van der Waals surface area contributed by atoms with E-state index in [0.717, 1.165) is 32.1 Å². The SMILES string of the molecule is CC1=C(C(=O)OCC(C#N)C#N)C(C2CCCCC2)C(C(=O)OCC(C#N)C#N)=C(C)N1. The van der Waals surface area contributed by atoms with Crippen molar-refractivity contribution in [3.63, 3.8) is 0 Å². The minimum atomic E-state index is -1.08. The summed E-state index contributed by atoms with van der Waals surface area (Å²) in [5, 5.41) is 38.8. The first-order valence-corrected chi connectivity index (χ1v) is 10.5. The van der Waals surface area contributed by atoms with E-state index in [2.05, 4.69) is 5.32 Å². The van der Waals surface area contributed by atoms with Crippen molar-refractivity contribution in [2.45, 2.75) is 46.0 Å². The van der Waals surface area contributed by atoms with E-state index >= 15 is 0 Å². The predicted molar refractivity (Wildman–Crippen MR) is 110 cm³/mol. The normalized spacial score (nSPS) is 17.1. The van der Waals surface area contributed by atoms with Crippen LogP contribution in [0.25, 0.3) is 0 Å². The van der Waals surface area contributed by atoms with Crippen LogP contribution >= 0.6 is 0 Å². The number of allylic oxidation sites excluding steroid dienone is 2. The fraction of sp³-hybridized carbons (Fsp3) is 0.565. The number of carbonyl (C=O) groups is 2. The van der Waals surface area contributed by atoms with Gasteiger partial charge in [-0.1, -0.05) is 19.3 Å². The van der Waals surface area contributed by atoms with Crippen LogP contribution in [0.3, 0.4) is 0 Å². The number of nitrogens with one attached hydrogen (secondary N) is 1. The lowest BCUT2D eigenvalue weighted by Gasteiger charge is -2.37. The lowest BCUT2D eigenvalue weighted by atomic mass is 9.71. The maximum atomic E-state index is 13.0. The molecule has 2 aliphatic rings. The summed E-state index contributed by atoms with van der Waals surface area (Å²) in [6.45, 7) is 2.69. The van der Waals surface area contributed by atoms with Crippen molar-refractivity contribution in [3.05, 3.63) is 22.5 Å². The van der Waals surface area contributed by atoms with Crippen LogP contribution in [-0.4, -0.2) is 25.2 Å². The van der Waals surface area contributed by atoms with Crippen molar-refractivity contribution in [1.82, 2.24) is 5.32 Å². The largest absolute Gasteiger partial charge is 0.460 e. The van der Waals surface area contributed by atoms with Crippen LogP contribution in [0.4, 0.5) is 0 Å². The molecule has 1 aliphatic carbocycles. The number of hydrogen-bond acceptors (Lipinski definition) is 9. The van der Waals surface area contributed by atoms with Gasteiger partial charge in [-0.05, 0) is 32.6 Å². The number of ether oxygens (including phenoxy) is 2. The molecule has 0 unspecified atom stereocenters. The van der Waals surface area contributed by atoms with Crippen LogP contribution in [0.1, 0.15) is 46.0 Å². The van der Waals surface area contributed by atoms with Crippen LogP contribution in [-0.2, 0) is 19.1 Å². The smallest absolute Gasteiger partial charge is 0.336 e. The van der Waals surface area contributed by atoms with Gasteiger partial charge < -0.3 is 14.8 Å². The van der Waals surface area contributed by atoms with Gasteiger partial charge in [0.2, 0.25) is 0 Å². The zero-order chi connectivity index (χ0) is 23.7. The molecule has 0 spiro atoms. The Labute approximate surface area is 187 Å². The zero-order valence-electron chi connectivity index (χ0n) is 18.2. The summed E-state index contributed by atoms with van der Waals surface area (Å²) in [6.07, 6.45) is 4.64. The molecule has 1 saturated carbocycles. The highest BCUT2D eigenvalue weighted by atomic mass is 16.5. The standard InChI is InChI=1S/C23H25N5O4/c1-14-19(22(29)31-12-16(8-24)9-25)21(18-6-4-3-5-7-18)20(15(2)28-14)23(30)32-13-17(10-26)11-27/h16-18,21,28H,3-7,12-13H2,1-2H3. The summed E-state index contributed by atoms with van der Waals surface area (Å²) >= 11 is 0. The molecule has 0 aromatic heterocycles. The third kappa shape index (κ3) is 5.65. The van der Waals surface area contributed by atoms with Gasteiger partial charge in [-0.2, -0.15) is 21.0 Å². The highest BCUT2D eigenvalue weighted by Crippen LogP contribution is 2.42. The molecule has 2 rings (SSSR count). The Bertz CT molecular complexity index is 882. The van der Waals surface area contributed by atoms with E-state index < -0.39 is 29.7 Å². The Hall–Kier alpha value is -3.82. The zero-order valence-corrected chi connectivity index (χ0v) is 18.2. The van der Waals surface area contributed by atoms with Crippen molar-refractivity contribution in [2.24, 2.45) is 23.7 Å². The number of rotatable bonds is 7. The Morgan fingerprint density at radius 1 is 0.844 bits per heavy atom. The molecule has 1 fully saturated rings. The second-order valence-electron chi connectivity index (χ2n) is 7.90. The first-order chi connectivity index (χ1) is 15.4. The summed E-state index contributed by atoms with van der Waals surface area (Å²) in [4.78, 5) is 26.1. The summed E-state index contributed by atoms with van der Waals surface area (Å²) in [7, 11) is 0. The van der Waals surface area contributed by atoms with Crippen LogP contribution in [0.2, 0.25) is 0 Å². The topological polar surface area (TPSA) is 160 Å². The highest BCUT2D eigenvalue weighted by molar-refractivity contribution is 5.98. The van der Waals surface area contributed by atoms with Gasteiger partial charge in [0, 0.05) is 17.3 Å². The maximum absolute atomic E-state index is 13.0. The number of esters is 2. The fourth-order valence-corrected chi connectivity index (χ4v) is 4.21. The van der Waals surface area contributed by atoms with Gasteiger partial charge in [0.15, 0.2) is 11.8 Å². The van der Waals surface area contributed by atoms with E-state index in [-0.39, 0.29) is 30.3 Å². The minimum Gasteiger partial charge on any atom is -0.460 e. The monoisotopic (exact) mass is 435 g/mol. The van der Waals surface area contributed by atoms with Gasteiger partial charge in [0.05, 0.1) is 35.4 Å². The molecule has 1 N–H and O–H groups in total. The maximum Gasteiger partial charge on any atom is 0.336 e. The molecule has 32 heavy (non-hydrogen) atoms. The molecule has 0 bridgehead atoms. The highest BCUT2D eigenvalue weighted by Gasteiger charge is 2.42. The first kappa shape index (κ1) is 24.4. The molecule has 9 nitrogen and oxygen atoms in total. The molecule has 166 valence electrons. The molecular formula is C23H25N5O4. The first-order valence-electron chi connectivity index (χ1n) is 10.5. The summed E-state index contributed by atoms with van der Waals surface area (Å²) in [5.41, 5.74) is 1.64. The third-order valence-corrected chi connectivity index (χ3v) is 5.75. The molecule has 0 aromatic rings. The summed E-state index contributed by atoms with van der Waals surface area (Å²) in [6, 6.07) is 7.05. The minimum absolute atomic E-state index is 0.00584. The average Bonchev–Trinajstić information content (AvgIpc) is 2.80. The second kappa shape index (κ2) is 11.5. The van der Waals surface area contributed by atoms with Gasteiger partial charge >= 0.3 is 11.9 Å². The number of dihydropyridines is 1. The number of nitriles is 4. The fourth-order valence-electron chi connectivity index (χ4n) is 4.21. The number of carbonyl (C=O) groups excluding carboxylic acids is 2.